The summed E-state index contributed by atoms with van der Waals surface area (Å²) in [5.74, 6) is 1.24. The minimum atomic E-state index is 0.567. The Hall–Kier alpha value is -0.550. The van der Waals surface area contributed by atoms with Crippen LogP contribution >= 0.6 is 15.9 Å². The van der Waals surface area contributed by atoms with E-state index in [0.29, 0.717) is 11.7 Å². The Morgan fingerprint density at radius 1 is 1.57 bits per heavy atom. The largest absolute Gasteiger partial charge is 0.381 e. The molecule has 0 aromatic carbocycles. The zero-order chi connectivity index (χ0) is 9.97. The van der Waals surface area contributed by atoms with Crippen LogP contribution in [-0.4, -0.2) is 23.0 Å². The zero-order valence-electron chi connectivity index (χ0n) is 7.95. The van der Waals surface area contributed by atoms with Gasteiger partial charge in [0.25, 0.3) is 0 Å². The molecule has 0 bridgehead atoms. The highest BCUT2D eigenvalue weighted by Crippen LogP contribution is 2.20. The predicted molar refractivity (Wildman–Crippen MR) is 57.9 cm³/mol. The molecule has 1 saturated heterocycles. The first kappa shape index (κ1) is 9.98. The lowest BCUT2D eigenvalue weighted by atomic mass is 10.0. The molecule has 1 aromatic rings. The Balaban J connectivity index is 1.95. The lowest BCUT2D eigenvalue weighted by Gasteiger charge is -2.21. The minimum absolute atomic E-state index is 0.567. The quantitative estimate of drug-likeness (QED) is 0.879. The number of hydrogen-bond donors (Lipinski definition) is 1. The van der Waals surface area contributed by atoms with Crippen LogP contribution in [0.3, 0.4) is 0 Å². The first-order valence-electron chi connectivity index (χ1n) is 4.82. The molecule has 1 aliphatic heterocycles. The molecular formula is C9H14BrN3O. The number of nitrogen functional groups attached to an aromatic ring is 1. The average Bonchev–Trinajstić information content (AvgIpc) is 2.47. The number of anilines is 1. The molecule has 2 N–H and O–H groups in total. The molecule has 14 heavy (non-hydrogen) atoms. The normalized spacial score (nSPS) is 18.6. The van der Waals surface area contributed by atoms with Crippen LogP contribution in [-0.2, 0) is 11.3 Å². The van der Waals surface area contributed by atoms with Crippen molar-refractivity contribution < 1.29 is 4.74 Å². The highest BCUT2D eigenvalue weighted by Gasteiger charge is 2.15. The molecule has 0 aliphatic carbocycles. The van der Waals surface area contributed by atoms with Crippen LogP contribution in [0.2, 0.25) is 0 Å². The summed E-state index contributed by atoms with van der Waals surface area (Å²) in [5.41, 5.74) is 5.64. The van der Waals surface area contributed by atoms with Gasteiger partial charge in [0, 0.05) is 26.0 Å². The van der Waals surface area contributed by atoms with Gasteiger partial charge < -0.3 is 10.5 Å². The van der Waals surface area contributed by atoms with Gasteiger partial charge in [0.2, 0.25) is 0 Å². The molecular weight excluding hydrogens is 246 g/mol. The monoisotopic (exact) mass is 259 g/mol. The van der Waals surface area contributed by atoms with Crippen LogP contribution < -0.4 is 5.73 Å². The van der Waals surface area contributed by atoms with Gasteiger partial charge in [-0.15, -0.1) is 0 Å². The number of aromatic nitrogens is 2. The number of ether oxygens (including phenoxy) is 1. The number of rotatable bonds is 2. The van der Waals surface area contributed by atoms with E-state index in [1.165, 1.54) is 0 Å². The van der Waals surface area contributed by atoms with Gasteiger partial charge in [-0.3, -0.25) is 4.68 Å². The molecule has 0 saturated carbocycles. The average molecular weight is 260 g/mol. The Labute approximate surface area is 91.5 Å². The number of nitrogens with zero attached hydrogens (tertiary/aromatic N) is 2. The van der Waals surface area contributed by atoms with Crippen LogP contribution in [0.1, 0.15) is 12.8 Å². The van der Waals surface area contributed by atoms with Crippen LogP contribution in [0, 0.1) is 5.92 Å². The van der Waals surface area contributed by atoms with E-state index in [2.05, 4.69) is 21.0 Å². The highest BCUT2D eigenvalue weighted by atomic mass is 79.9. The van der Waals surface area contributed by atoms with Crippen LogP contribution in [0.15, 0.2) is 10.7 Å². The van der Waals surface area contributed by atoms with Crippen molar-refractivity contribution in [3.8, 4) is 0 Å². The standard InChI is InChI=1S/C9H14BrN3O/c10-8-6-13(12-9(8)11)5-7-1-3-14-4-2-7/h6-7H,1-5H2,(H2,11,12). The van der Waals surface area contributed by atoms with Crippen molar-refractivity contribution in [2.45, 2.75) is 19.4 Å². The zero-order valence-corrected chi connectivity index (χ0v) is 9.53. The lowest BCUT2D eigenvalue weighted by Crippen LogP contribution is -2.20. The molecule has 0 atom stereocenters. The molecule has 1 fully saturated rings. The fourth-order valence-corrected chi connectivity index (χ4v) is 2.01. The molecule has 5 heteroatoms. The van der Waals surface area contributed by atoms with Crippen molar-refractivity contribution in [1.82, 2.24) is 9.78 Å². The Morgan fingerprint density at radius 2 is 2.29 bits per heavy atom. The molecule has 4 nitrogen and oxygen atoms in total. The summed E-state index contributed by atoms with van der Waals surface area (Å²) in [6, 6.07) is 0. The Kier molecular flexibility index (Phi) is 3.08. The summed E-state index contributed by atoms with van der Waals surface area (Å²) in [6.45, 7) is 2.70. The van der Waals surface area contributed by atoms with Gasteiger partial charge >= 0.3 is 0 Å². The molecule has 0 unspecified atom stereocenters. The summed E-state index contributed by atoms with van der Waals surface area (Å²) in [6.07, 6.45) is 4.18. The van der Waals surface area contributed by atoms with Crippen molar-refractivity contribution >= 4 is 21.7 Å². The van der Waals surface area contributed by atoms with Gasteiger partial charge in [-0.1, -0.05) is 0 Å². The van der Waals surface area contributed by atoms with Gasteiger partial charge in [0.05, 0.1) is 4.47 Å². The molecule has 0 spiro atoms. The third-order valence-electron chi connectivity index (χ3n) is 2.53. The first-order chi connectivity index (χ1) is 6.75. The van der Waals surface area contributed by atoms with Gasteiger partial charge in [-0.05, 0) is 34.7 Å². The van der Waals surface area contributed by atoms with E-state index < -0.39 is 0 Å². The van der Waals surface area contributed by atoms with E-state index in [9.17, 15) is 0 Å². The van der Waals surface area contributed by atoms with Gasteiger partial charge in [0.1, 0.15) is 0 Å². The second kappa shape index (κ2) is 4.31. The Bertz CT molecular complexity index is 288. The van der Waals surface area contributed by atoms with Crippen molar-refractivity contribution in [3.63, 3.8) is 0 Å². The van der Waals surface area contributed by atoms with Crippen molar-refractivity contribution in [3.05, 3.63) is 10.7 Å². The van der Waals surface area contributed by atoms with Crippen molar-refractivity contribution in [2.75, 3.05) is 18.9 Å². The van der Waals surface area contributed by atoms with Gasteiger partial charge in [-0.25, -0.2) is 0 Å². The second-order valence-electron chi connectivity index (χ2n) is 3.64. The maximum atomic E-state index is 5.64. The second-order valence-corrected chi connectivity index (χ2v) is 4.49. The molecule has 0 radical (unpaired) electrons. The van der Waals surface area contributed by atoms with Gasteiger partial charge in [0.15, 0.2) is 5.82 Å². The minimum Gasteiger partial charge on any atom is -0.381 e. The van der Waals surface area contributed by atoms with Crippen molar-refractivity contribution in [1.29, 1.82) is 0 Å². The predicted octanol–water partition coefficient (Wildman–Crippen LogP) is 1.65. The van der Waals surface area contributed by atoms with Crippen LogP contribution in [0.25, 0.3) is 0 Å². The molecule has 0 amide bonds. The van der Waals surface area contributed by atoms with E-state index in [-0.39, 0.29) is 0 Å². The smallest absolute Gasteiger partial charge is 0.159 e. The summed E-state index contributed by atoms with van der Waals surface area (Å²) >= 11 is 3.35. The van der Waals surface area contributed by atoms with E-state index in [1.807, 2.05) is 10.9 Å². The molecule has 2 rings (SSSR count). The van der Waals surface area contributed by atoms with E-state index in [0.717, 1.165) is 37.1 Å². The molecule has 1 aromatic heterocycles. The molecule has 78 valence electrons. The Morgan fingerprint density at radius 3 is 2.86 bits per heavy atom. The third-order valence-corrected chi connectivity index (χ3v) is 3.14. The lowest BCUT2D eigenvalue weighted by molar-refractivity contribution is 0.0602. The summed E-state index contributed by atoms with van der Waals surface area (Å²) < 4.78 is 8.09. The summed E-state index contributed by atoms with van der Waals surface area (Å²) in [4.78, 5) is 0. The fraction of sp³-hybridized carbons (Fsp3) is 0.667. The van der Waals surface area contributed by atoms with Gasteiger partial charge in [-0.2, -0.15) is 5.10 Å². The summed E-state index contributed by atoms with van der Waals surface area (Å²) in [5, 5.41) is 4.21. The van der Waals surface area contributed by atoms with E-state index in [1.54, 1.807) is 0 Å². The topological polar surface area (TPSA) is 53.1 Å². The fourth-order valence-electron chi connectivity index (χ4n) is 1.70. The number of hydrogen-bond acceptors (Lipinski definition) is 3. The van der Waals surface area contributed by atoms with Crippen LogP contribution in [0.5, 0.6) is 0 Å². The molecule has 1 aliphatic rings. The number of halogens is 1. The maximum absolute atomic E-state index is 5.64. The van der Waals surface area contributed by atoms with Crippen molar-refractivity contribution in [2.24, 2.45) is 5.92 Å². The SMILES string of the molecule is Nc1nn(CC2CCOCC2)cc1Br. The number of nitrogens with two attached hydrogens (primary N) is 1. The molecule has 2 heterocycles. The maximum Gasteiger partial charge on any atom is 0.159 e. The first-order valence-corrected chi connectivity index (χ1v) is 5.61. The highest BCUT2D eigenvalue weighted by molar-refractivity contribution is 9.10. The van der Waals surface area contributed by atoms with E-state index >= 15 is 0 Å². The summed E-state index contributed by atoms with van der Waals surface area (Å²) in [7, 11) is 0. The van der Waals surface area contributed by atoms with E-state index in [4.69, 9.17) is 10.5 Å². The van der Waals surface area contributed by atoms with Crippen LogP contribution in [0.4, 0.5) is 5.82 Å². The third kappa shape index (κ3) is 2.27.